The fourth-order valence-corrected chi connectivity index (χ4v) is 2.45. The molecule has 2 unspecified atom stereocenters. The van der Waals surface area contributed by atoms with Crippen LogP contribution in [0.2, 0.25) is 0 Å². The number of allylic oxidation sites excluding steroid dienone is 4. The fourth-order valence-electron chi connectivity index (χ4n) is 2.45. The molecule has 15 heavy (non-hydrogen) atoms. The van der Waals surface area contributed by atoms with E-state index in [2.05, 4.69) is 39.8 Å². The average Bonchev–Trinajstić information content (AvgIpc) is 2.36. The first-order chi connectivity index (χ1) is 7.13. The average molecular weight is 206 g/mol. The first kappa shape index (κ1) is 12.5. The van der Waals surface area contributed by atoms with E-state index < -0.39 is 0 Å². The highest BCUT2D eigenvalue weighted by atomic mass is 14.2. The Kier molecular flexibility index (Phi) is 5.14. The normalized spacial score (nSPS) is 24.1. The van der Waals surface area contributed by atoms with Crippen molar-refractivity contribution in [2.24, 2.45) is 11.8 Å². The summed E-state index contributed by atoms with van der Waals surface area (Å²) < 4.78 is 0. The van der Waals surface area contributed by atoms with Gasteiger partial charge in [-0.3, -0.25) is 0 Å². The number of rotatable bonds is 4. The van der Waals surface area contributed by atoms with Gasteiger partial charge < -0.3 is 0 Å². The van der Waals surface area contributed by atoms with Crippen molar-refractivity contribution in [3.8, 4) is 0 Å². The standard InChI is InChI=1S/C15H26/c1-5-6-7-14(4)15-9-8-12(2)10-13(3)11-15/h10-11,13-14H,5-9H2,1-4H3. The van der Waals surface area contributed by atoms with Gasteiger partial charge in [0.05, 0.1) is 0 Å². The van der Waals surface area contributed by atoms with Crippen LogP contribution < -0.4 is 0 Å². The fraction of sp³-hybridized carbons (Fsp3) is 0.733. The second-order valence-electron chi connectivity index (χ2n) is 5.16. The Morgan fingerprint density at radius 3 is 2.73 bits per heavy atom. The monoisotopic (exact) mass is 206 g/mol. The van der Waals surface area contributed by atoms with Gasteiger partial charge in [0, 0.05) is 0 Å². The second kappa shape index (κ2) is 6.15. The van der Waals surface area contributed by atoms with Crippen LogP contribution >= 0.6 is 0 Å². The van der Waals surface area contributed by atoms with Crippen LogP contribution in [0.4, 0.5) is 0 Å². The zero-order valence-corrected chi connectivity index (χ0v) is 10.8. The minimum atomic E-state index is 0.645. The Labute approximate surface area is 95.5 Å². The largest absolute Gasteiger partial charge is 0.0790 e. The van der Waals surface area contributed by atoms with E-state index in [0.717, 1.165) is 5.92 Å². The molecular formula is C15H26. The van der Waals surface area contributed by atoms with Gasteiger partial charge in [-0.1, -0.05) is 56.9 Å². The maximum atomic E-state index is 2.50. The van der Waals surface area contributed by atoms with Crippen LogP contribution in [0.5, 0.6) is 0 Å². The first-order valence-electron chi connectivity index (χ1n) is 6.51. The highest BCUT2D eigenvalue weighted by Crippen LogP contribution is 2.28. The van der Waals surface area contributed by atoms with Gasteiger partial charge in [0.2, 0.25) is 0 Å². The molecule has 0 radical (unpaired) electrons. The van der Waals surface area contributed by atoms with Gasteiger partial charge in [0.25, 0.3) is 0 Å². The van der Waals surface area contributed by atoms with Crippen molar-refractivity contribution in [2.45, 2.75) is 59.8 Å². The maximum Gasteiger partial charge on any atom is -0.00765 e. The lowest BCUT2D eigenvalue weighted by Gasteiger charge is -2.15. The van der Waals surface area contributed by atoms with Crippen LogP contribution in [-0.2, 0) is 0 Å². The van der Waals surface area contributed by atoms with Crippen LogP contribution in [0.1, 0.15) is 59.8 Å². The Hall–Kier alpha value is -0.520. The Bertz CT molecular complexity index is 245. The third kappa shape index (κ3) is 4.24. The second-order valence-corrected chi connectivity index (χ2v) is 5.16. The zero-order chi connectivity index (χ0) is 11.3. The van der Waals surface area contributed by atoms with Crippen molar-refractivity contribution < 1.29 is 0 Å². The van der Waals surface area contributed by atoms with Crippen LogP contribution in [0.15, 0.2) is 23.3 Å². The van der Waals surface area contributed by atoms with Crippen molar-refractivity contribution in [3.05, 3.63) is 23.3 Å². The molecule has 0 nitrogen and oxygen atoms in total. The molecule has 0 heteroatoms. The van der Waals surface area contributed by atoms with Crippen LogP contribution in [0.3, 0.4) is 0 Å². The van der Waals surface area contributed by atoms with E-state index in [1.165, 1.54) is 32.1 Å². The molecule has 0 amide bonds. The van der Waals surface area contributed by atoms with Crippen LogP contribution in [-0.4, -0.2) is 0 Å². The van der Waals surface area contributed by atoms with Crippen molar-refractivity contribution in [3.63, 3.8) is 0 Å². The molecule has 0 aromatic heterocycles. The summed E-state index contributed by atoms with van der Waals surface area (Å²) in [4.78, 5) is 0. The number of hydrogen-bond acceptors (Lipinski definition) is 0. The molecule has 1 aliphatic carbocycles. The lowest BCUT2D eigenvalue weighted by atomic mass is 9.91. The molecule has 0 aromatic rings. The molecule has 0 spiro atoms. The van der Waals surface area contributed by atoms with E-state index in [1.807, 2.05) is 0 Å². The molecule has 0 fully saturated rings. The van der Waals surface area contributed by atoms with E-state index in [-0.39, 0.29) is 0 Å². The molecule has 1 rings (SSSR count). The van der Waals surface area contributed by atoms with Crippen molar-refractivity contribution in [1.29, 1.82) is 0 Å². The molecule has 2 atom stereocenters. The minimum Gasteiger partial charge on any atom is -0.0790 e. The van der Waals surface area contributed by atoms with E-state index in [9.17, 15) is 0 Å². The van der Waals surface area contributed by atoms with E-state index in [0.29, 0.717) is 5.92 Å². The molecule has 0 N–H and O–H groups in total. The Morgan fingerprint density at radius 1 is 1.33 bits per heavy atom. The van der Waals surface area contributed by atoms with Crippen LogP contribution in [0.25, 0.3) is 0 Å². The number of hydrogen-bond donors (Lipinski definition) is 0. The topological polar surface area (TPSA) is 0 Å². The predicted octanol–water partition coefficient (Wildman–Crippen LogP) is 5.12. The molecule has 0 heterocycles. The van der Waals surface area contributed by atoms with Gasteiger partial charge in [-0.25, -0.2) is 0 Å². The Balaban J connectivity index is 2.56. The van der Waals surface area contributed by atoms with Gasteiger partial charge in [0.15, 0.2) is 0 Å². The quantitative estimate of drug-likeness (QED) is 0.560. The SMILES string of the molecule is CCCCC(C)C1=CC(C)C=C(C)CC1. The predicted molar refractivity (Wildman–Crippen MR) is 68.9 cm³/mol. The lowest BCUT2D eigenvalue weighted by Crippen LogP contribution is -2.00. The molecule has 0 bridgehead atoms. The highest BCUT2D eigenvalue weighted by molar-refractivity contribution is 5.18. The summed E-state index contributed by atoms with van der Waals surface area (Å²) in [6.45, 7) is 9.25. The minimum absolute atomic E-state index is 0.645. The summed E-state index contributed by atoms with van der Waals surface area (Å²) in [5.41, 5.74) is 3.26. The molecule has 0 saturated heterocycles. The third-order valence-electron chi connectivity index (χ3n) is 3.46. The third-order valence-corrected chi connectivity index (χ3v) is 3.46. The summed E-state index contributed by atoms with van der Waals surface area (Å²) in [5.74, 6) is 1.44. The van der Waals surface area contributed by atoms with Crippen LogP contribution in [0, 0.1) is 11.8 Å². The van der Waals surface area contributed by atoms with Gasteiger partial charge in [-0.15, -0.1) is 0 Å². The first-order valence-corrected chi connectivity index (χ1v) is 6.51. The Morgan fingerprint density at radius 2 is 2.07 bits per heavy atom. The summed E-state index contributed by atoms with van der Waals surface area (Å²) >= 11 is 0. The molecule has 0 aromatic carbocycles. The van der Waals surface area contributed by atoms with E-state index in [1.54, 1.807) is 11.1 Å². The van der Waals surface area contributed by atoms with E-state index in [4.69, 9.17) is 0 Å². The highest BCUT2D eigenvalue weighted by Gasteiger charge is 2.12. The molecule has 0 aliphatic heterocycles. The lowest BCUT2D eigenvalue weighted by molar-refractivity contribution is 0.551. The summed E-state index contributed by atoms with van der Waals surface area (Å²) in [7, 11) is 0. The van der Waals surface area contributed by atoms with Gasteiger partial charge in [-0.05, 0) is 38.0 Å². The molecule has 1 aliphatic rings. The molecule has 0 saturated carbocycles. The summed E-state index contributed by atoms with van der Waals surface area (Å²) in [6.07, 6.45) is 11.5. The van der Waals surface area contributed by atoms with Crippen molar-refractivity contribution in [2.75, 3.05) is 0 Å². The van der Waals surface area contributed by atoms with Gasteiger partial charge in [0.1, 0.15) is 0 Å². The smallest absolute Gasteiger partial charge is 0.00765 e. The maximum absolute atomic E-state index is 2.50. The van der Waals surface area contributed by atoms with Gasteiger partial charge in [-0.2, -0.15) is 0 Å². The van der Waals surface area contributed by atoms with Gasteiger partial charge >= 0.3 is 0 Å². The summed E-state index contributed by atoms with van der Waals surface area (Å²) in [6, 6.07) is 0. The zero-order valence-electron chi connectivity index (χ0n) is 10.8. The van der Waals surface area contributed by atoms with Crippen molar-refractivity contribution in [1.82, 2.24) is 0 Å². The van der Waals surface area contributed by atoms with Crippen molar-refractivity contribution >= 4 is 0 Å². The summed E-state index contributed by atoms with van der Waals surface area (Å²) in [5, 5.41) is 0. The number of unbranched alkanes of at least 4 members (excludes halogenated alkanes) is 1. The molecule has 86 valence electrons. The molecular weight excluding hydrogens is 180 g/mol. The van der Waals surface area contributed by atoms with E-state index >= 15 is 0 Å².